The molecule has 2 heterocycles. The van der Waals surface area contributed by atoms with E-state index in [1.807, 2.05) is 0 Å². The number of hydrogen-bond donors (Lipinski definition) is 3. The third kappa shape index (κ3) is 13.7. The third-order valence-corrected chi connectivity index (χ3v) is 9.31. The molecule has 0 aliphatic carbocycles. The molecule has 1 aromatic heterocycles. The number of rotatable bonds is 25. The molecule has 2 rings (SSSR count). The highest BCUT2D eigenvalue weighted by Crippen LogP contribution is 2.46. The van der Waals surface area contributed by atoms with Crippen LogP contribution < -0.4 is 11.2 Å². The lowest BCUT2D eigenvalue weighted by Crippen LogP contribution is -2.47. The summed E-state index contributed by atoms with van der Waals surface area (Å²) in [6.07, 6.45) is 19.5. The van der Waals surface area contributed by atoms with Crippen molar-refractivity contribution in [2.75, 3.05) is 13.2 Å². The van der Waals surface area contributed by atoms with Crippen molar-refractivity contribution in [3.63, 3.8) is 0 Å². The van der Waals surface area contributed by atoms with Crippen molar-refractivity contribution < 1.29 is 37.5 Å². The molecule has 0 spiro atoms. The van der Waals surface area contributed by atoms with E-state index >= 15 is 0 Å². The second kappa shape index (κ2) is 20.4. The van der Waals surface area contributed by atoms with E-state index < -0.39 is 61.6 Å². The Morgan fingerprint density at radius 1 is 0.955 bits per heavy atom. The van der Waals surface area contributed by atoms with Gasteiger partial charge in [0.15, 0.2) is 11.4 Å². The largest absolute Gasteiger partial charge is 0.472 e. The van der Waals surface area contributed by atoms with Crippen molar-refractivity contribution in [1.29, 1.82) is 0 Å². The minimum Gasteiger partial charge on any atom is -0.379 e. The van der Waals surface area contributed by atoms with E-state index in [2.05, 4.69) is 6.92 Å². The molecule has 254 valence electrons. The molecule has 0 amide bonds. The van der Waals surface area contributed by atoms with Gasteiger partial charge < -0.3 is 14.7 Å². The molecule has 3 N–H and O–H groups in total. The number of hydrogen-bond acceptors (Lipinski definition) is 8. The van der Waals surface area contributed by atoms with Gasteiger partial charge in [0, 0.05) is 6.42 Å². The van der Waals surface area contributed by atoms with E-state index in [4.69, 9.17) is 13.8 Å². The molecule has 1 aliphatic rings. The minimum absolute atomic E-state index is 0.00366. The smallest absolute Gasteiger partial charge is 0.379 e. The van der Waals surface area contributed by atoms with E-state index in [9.17, 15) is 33.3 Å². The quantitative estimate of drug-likeness (QED) is 0.0800. The zero-order chi connectivity index (χ0) is 32.4. The van der Waals surface area contributed by atoms with Crippen molar-refractivity contribution in [3.05, 3.63) is 32.9 Å². The Balaban J connectivity index is 1.55. The average molecular weight is 649 g/mol. The van der Waals surface area contributed by atoms with Crippen LogP contribution in [0.25, 0.3) is 0 Å². The van der Waals surface area contributed by atoms with Gasteiger partial charge in [0.2, 0.25) is 5.82 Å². The second-order valence-corrected chi connectivity index (χ2v) is 13.5. The first kappa shape index (κ1) is 38.5. The van der Waals surface area contributed by atoms with Gasteiger partial charge in [-0.15, -0.1) is 0 Å². The Kier molecular flexibility index (Phi) is 17.9. The topological polar surface area (TPSA) is 157 Å². The van der Waals surface area contributed by atoms with Gasteiger partial charge in [-0.25, -0.2) is 9.36 Å². The van der Waals surface area contributed by atoms with Crippen molar-refractivity contribution in [1.82, 2.24) is 9.55 Å². The number of carbonyl (C=O) groups excluding carboxylic acids is 1. The summed E-state index contributed by atoms with van der Waals surface area (Å²) in [5, 5.41) is 10.9. The molecule has 1 unspecified atom stereocenters. The van der Waals surface area contributed by atoms with E-state index in [1.165, 1.54) is 89.9 Å². The molecule has 1 fully saturated rings. The number of phosphoric acid groups is 1. The summed E-state index contributed by atoms with van der Waals surface area (Å²) in [4.78, 5) is 47.4. The van der Waals surface area contributed by atoms with E-state index in [-0.39, 0.29) is 6.61 Å². The fourth-order valence-electron chi connectivity index (χ4n) is 5.52. The Hall–Kier alpha value is -1.69. The predicted molar refractivity (Wildman–Crippen MR) is 166 cm³/mol. The molecule has 0 saturated carbocycles. The molecule has 1 aromatic rings. The molecule has 0 bridgehead atoms. The predicted octanol–water partition coefficient (Wildman–Crippen LogP) is 6.46. The van der Waals surface area contributed by atoms with Crippen LogP contribution >= 0.6 is 7.82 Å². The molecule has 1 saturated heterocycles. The average Bonchev–Trinajstić information content (AvgIpc) is 3.32. The maximum Gasteiger partial charge on any atom is 0.472 e. The highest BCUT2D eigenvalue weighted by Gasteiger charge is 2.52. The minimum atomic E-state index is -4.52. The number of ether oxygens (including phenoxy) is 1. The number of unbranched alkanes of at least 4 members (excludes halogenated alkanes) is 17. The Morgan fingerprint density at radius 3 is 1.91 bits per heavy atom. The van der Waals surface area contributed by atoms with Gasteiger partial charge >= 0.3 is 13.5 Å². The zero-order valence-electron chi connectivity index (χ0n) is 26.6. The van der Waals surface area contributed by atoms with E-state index in [0.717, 1.165) is 26.2 Å². The lowest BCUT2D eigenvalue weighted by molar-refractivity contribution is -0.144. The van der Waals surface area contributed by atoms with Crippen molar-refractivity contribution in [3.8, 4) is 0 Å². The van der Waals surface area contributed by atoms with Gasteiger partial charge in [0.05, 0.1) is 19.4 Å². The normalized spacial score (nSPS) is 21.5. The molecule has 0 radical (unpaired) electrons. The lowest BCUT2D eigenvalue weighted by atomic mass is 9.91. The van der Waals surface area contributed by atoms with Crippen LogP contribution in [0.15, 0.2) is 15.8 Å². The van der Waals surface area contributed by atoms with Crippen LogP contribution in [0.2, 0.25) is 0 Å². The van der Waals surface area contributed by atoms with Gasteiger partial charge in [-0.3, -0.25) is 28.2 Å². The van der Waals surface area contributed by atoms with Gasteiger partial charge in [-0.1, -0.05) is 116 Å². The summed E-state index contributed by atoms with van der Waals surface area (Å²) in [6.45, 7) is 2.65. The molecule has 11 nitrogen and oxygen atoms in total. The SMILES string of the molecule is CCCCCCCCCCCCCCCCCCCCOP(=O)(O)OC[C@H]1O[C@@H](n2cc(F)c(=O)[nH]c2=O)C[C@@]1(O)C(C)=O. The van der Waals surface area contributed by atoms with Crippen LogP contribution in [0.4, 0.5) is 4.39 Å². The Labute approximate surface area is 260 Å². The fourth-order valence-corrected chi connectivity index (χ4v) is 6.28. The summed E-state index contributed by atoms with van der Waals surface area (Å²) in [5.41, 5.74) is -4.40. The number of aromatic nitrogens is 2. The Morgan fingerprint density at radius 2 is 1.43 bits per heavy atom. The summed E-state index contributed by atoms with van der Waals surface area (Å²) in [5.74, 6) is -1.99. The number of phosphoric ester groups is 1. The van der Waals surface area contributed by atoms with Crippen molar-refractivity contribution in [2.24, 2.45) is 0 Å². The second-order valence-electron chi connectivity index (χ2n) is 12.0. The summed E-state index contributed by atoms with van der Waals surface area (Å²) in [6, 6.07) is 0. The number of nitrogens with zero attached hydrogens (tertiary/aromatic N) is 1. The first-order chi connectivity index (χ1) is 21.0. The van der Waals surface area contributed by atoms with Crippen LogP contribution in [0.3, 0.4) is 0 Å². The molecule has 13 heteroatoms. The van der Waals surface area contributed by atoms with Crippen LogP contribution in [0.1, 0.15) is 142 Å². The highest BCUT2D eigenvalue weighted by molar-refractivity contribution is 7.47. The molecule has 44 heavy (non-hydrogen) atoms. The molecule has 1 aliphatic heterocycles. The van der Waals surface area contributed by atoms with Gasteiger partial charge in [-0.05, 0) is 13.3 Å². The standard InChI is InChI=1S/C31H54FN2O9P/c1-3-4-5-6-7-8-9-10-11-12-13-14-15-16-17-18-19-20-21-41-44(39,40)42-24-27-31(38,25(2)35)22-28(43-27)34-23-26(32)29(36)33-30(34)37/h23,27-28,38H,3-22,24H2,1-2H3,(H,39,40)(H,33,36,37)/t27-,28-,31-/m1/s1. The monoisotopic (exact) mass is 648 g/mol. The van der Waals surface area contributed by atoms with Crippen LogP contribution in [0, 0.1) is 5.82 Å². The van der Waals surface area contributed by atoms with Gasteiger partial charge in [-0.2, -0.15) is 4.39 Å². The van der Waals surface area contributed by atoms with Crippen LogP contribution in [-0.2, 0) is 23.1 Å². The van der Waals surface area contributed by atoms with E-state index in [0.29, 0.717) is 17.2 Å². The van der Waals surface area contributed by atoms with Crippen molar-refractivity contribution >= 4 is 13.6 Å². The number of ketones is 1. The summed E-state index contributed by atoms with van der Waals surface area (Å²) >= 11 is 0. The van der Waals surface area contributed by atoms with Crippen LogP contribution in [-0.4, -0.2) is 50.3 Å². The number of carbonyl (C=O) groups is 1. The number of Topliss-reactive ketones (excluding diaryl/α,β-unsaturated/α-hetero) is 1. The highest BCUT2D eigenvalue weighted by atomic mass is 31.2. The van der Waals surface area contributed by atoms with Gasteiger partial charge in [0.1, 0.15) is 12.3 Å². The fraction of sp³-hybridized carbons (Fsp3) is 0.839. The molecular formula is C31H54FN2O9P. The number of halogens is 1. The third-order valence-electron chi connectivity index (χ3n) is 8.33. The zero-order valence-corrected chi connectivity index (χ0v) is 27.5. The van der Waals surface area contributed by atoms with Crippen LogP contribution in [0.5, 0.6) is 0 Å². The first-order valence-electron chi connectivity index (χ1n) is 16.5. The summed E-state index contributed by atoms with van der Waals surface area (Å²) < 4.78 is 42.3. The van der Waals surface area contributed by atoms with E-state index in [1.54, 1.807) is 4.98 Å². The van der Waals surface area contributed by atoms with Crippen molar-refractivity contribution in [2.45, 2.75) is 154 Å². The number of nitrogens with one attached hydrogen (secondary N) is 1. The Bertz CT molecular complexity index is 1140. The maximum atomic E-state index is 13.7. The maximum absolute atomic E-state index is 13.7. The number of aromatic amines is 1. The van der Waals surface area contributed by atoms with Gasteiger partial charge in [0.25, 0.3) is 5.56 Å². The summed E-state index contributed by atoms with van der Waals surface area (Å²) in [7, 11) is -4.52. The molecule has 4 atom stereocenters. The number of H-pyrrole nitrogens is 1. The lowest BCUT2D eigenvalue weighted by Gasteiger charge is -2.25. The molecule has 0 aromatic carbocycles. The molecular weight excluding hydrogens is 594 g/mol. The number of aliphatic hydroxyl groups is 1. The first-order valence-corrected chi connectivity index (χ1v) is 18.0.